The van der Waals surface area contributed by atoms with Crippen molar-refractivity contribution in [3.63, 3.8) is 0 Å². The van der Waals surface area contributed by atoms with Gasteiger partial charge in [-0.05, 0) is 38.5 Å². The molecule has 28 heavy (non-hydrogen) atoms. The number of aliphatic imine (C=N–C) groups is 1. The first kappa shape index (κ1) is 21.4. The Kier molecular flexibility index (Phi) is 7.97. The SMILES string of the molecule is CCNC(=NCC1(N2CCOCC2)CCCCC1)N1CCCC(CC(N)=O)C1. The van der Waals surface area contributed by atoms with Crippen LogP contribution in [-0.4, -0.2) is 79.7 Å². The number of carbonyl (C=O) groups is 1. The zero-order valence-electron chi connectivity index (χ0n) is 17.6. The highest BCUT2D eigenvalue weighted by atomic mass is 16.5. The van der Waals surface area contributed by atoms with Crippen molar-refractivity contribution in [2.24, 2.45) is 16.6 Å². The molecule has 0 spiro atoms. The molecule has 0 radical (unpaired) electrons. The molecule has 2 aliphatic heterocycles. The van der Waals surface area contributed by atoms with Gasteiger partial charge in [-0.3, -0.25) is 14.7 Å². The highest BCUT2D eigenvalue weighted by Crippen LogP contribution is 2.34. The van der Waals surface area contributed by atoms with Crippen LogP contribution in [0.4, 0.5) is 0 Å². The van der Waals surface area contributed by atoms with E-state index < -0.39 is 0 Å². The molecule has 2 saturated heterocycles. The van der Waals surface area contributed by atoms with Crippen LogP contribution in [0.2, 0.25) is 0 Å². The minimum absolute atomic E-state index is 0.186. The van der Waals surface area contributed by atoms with Crippen molar-refractivity contribution in [1.82, 2.24) is 15.1 Å². The second-order valence-electron chi connectivity index (χ2n) is 8.68. The van der Waals surface area contributed by atoms with E-state index in [4.69, 9.17) is 15.5 Å². The summed E-state index contributed by atoms with van der Waals surface area (Å²) in [5.41, 5.74) is 5.63. The number of ether oxygens (including phenoxy) is 1. The molecule has 0 aromatic carbocycles. The molecule has 1 unspecified atom stereocenters. The van der Waals surface area contributed by atoms with Gasteiger partial charge in [0.25, 0.3) is 0 Å². The minimum Gasteiger partial charge on any atom is -0.379 e. The Labute approximate surface area is 170 Å². The predicted molar refractivity (Wildman–Crippen MR) is 112 cm³/mol. The largest absolute Gasteiger partial charge is 0.379 e. The number of likely N-dealkylation sites (tertiary alicyclic amines) is 1. The van der Waals surface area contributed by atoms with E-state index in [9.17, 15) is 4.79 Å². The summed E-state index contributed by atoms with van der Waals surface area (Å²) < 4.78 is 5.60. The number of morpholine rings is 1. The molecule has 1 atom stereocenters. The molecule has 7 nitrogen and oxygen atoms in total. The van der Waals surface area contributed by atoms with Crippen molar-refractivity contribution in [2.45, 2.75) is 63.8 Å². The van der Waals surface area contributed by atoms with Crippen LogP contribution in [0, 0.1) is 5.92 Å². The predicted octanol–water partition coefficient (Wildman–Crippen LogP) is 1.57. The molecule has 3 fully saturated rings. The van der Waals surface area contributed by atoms with E-state index in [2.05, 4.69) is 22.0 Å². The first-order valence-corrected chi connectivity index (χ1v) is 11.3. The molecule has 1 aliphatic carbocycles. The third-order valence-corrected chi connectivity index (χ3v) is 6.63. The number of amides is 1. The van der Waals surface area contributed by atoms with Gasteiger partial charge in [0.1, 0.15) is 0 Å². The summed E-state index contributed by atoms with van der Waals surface area (Å²) in [6, 6.07) is 0. The van der Waals surface area contributed by atoms with Gasteiger partial charge in [0.15, 0.2) is 5.96 Å². The molecular weight excluding hydrogens is 354 g/mol. The maximum atomic E-state index is 11.4. The summed E-state index contributed by atoms with van der Waals surface area (Å²) in [6.45, 7) is 9.45. The zero-order chi connectivity index (χ0) is 19.8. The van der Waals surface area contributed by atoms with Crippen LogP contribution in [0.15, 0.2) is 4.99 Å². The van der Waals surface area contributed by atoms with E-state index in [0.717, 1.165) is 71.3 Å². The van der Waals surface area contributed by atoms with Crippen molar-refractivity contribution in [3.8, 4) is 0 Å². The van der Waals surface area contributed by atoms with Crippen LogP contribution >= 0.6 is 0 Å². The number of piperidine rings is 1. The highest BCUT2D eigenvalue weighted by molar-refractivity contribution is 5.80. The Balaban J connectivity index is 1.71. The van der Waals surface area contributed by atoms with Gasteiger partial charge in [0.05, 0.1) is 19.8 Å². The molecular formula is C21H39N5O2. The summed E-state index contributed by atoms with van der Waals surface area (Å²) in [5.74, 6) is 1.16. The molecule has 3 N–H and O–H groups in total. The van der Waals surface area contributed by atoms with Crippen LogP contribution in [0.5, 0.6) is 0 Å². The van der Waals surface area contributed by atoms with Crippen molar-refractivity contribution in [2.75, 3.05) is 52.5 Å². The van der Waals surface area contributed by atoms with Crippen LogP contribution in [-0.2, 0) is 9.53 Å². The fraction of sp³-hybridized carbons (Fsp3) is 0.905. The van der Waals surface area contributed by atoms with E-state index in [0.29, 0.717) is 12.3 Å². The van der Waals surface area contributed by atoms with Crippen molar-refractivity contribution in [1.29, 1.82) is 0 Å². The first-order valence-electron chi connectivity index (χ1n) is 11.3. The molecule has 0 aromatic rings. The highest BCUT2D eigenvalue weighted by Gasteiger charge is 2.38. The average Bonchev–Trinajstić information content (AvgIpc) is 2.72. The van der Waals surface area contributed by atoms with E-state index >= 15 is 0 Å². The molecule has 3 rings (SSSR count). The van der Waals surface area contributed by atoms with Gasteiger partial charge in [-0.15, -0.1) is 0 Å². The Morgan fingerprint density at radius 3 is 2.61 bits per heavy atom. The molecule has 1 amide bonds. The van der Waals surface area contributed by atoms with Crippen LogP contribution < -0.4 is 11.1 Å². The molecule has 0 aromatic heterocycles. The third-order valence-electron chi connectivity index (χ3n) is 6.63. The summed E-state index contributed by atoms with van der Waals surface area (Å²) in [6.07, 6.45) is 9.07. The van der Waals surface area contributed by atoms with Gasteiger partial charge < -0.3 is 20.7 Å². The van der Waals surface area contributed by atoms with Gasteiger partial charge in [-0.25, -0.2) is 0 Å². The Hall–Kier alpha value is -1.34. The average molecular weight is 394 g/mol. The fourth-order valence-corrected chi connectivity index (χ4v) is 5.18. The standard InChI is InChI=1S/C21H39N5O2/c1-2-23-20(25-10-6-7-18(16-25)15-19(22)27)24-17-21(8-4-3-5-9-21)26-11-13-28-14-12-26/h18H,2-17H2,1H3,(H2,22,27)(H,23,24). The summed E-state index contributed by atoms with van der Waals surface area (Å²) in [7, 11) is 0. The maximum absolute atomic E-state index is 11.4. The lowest BCUT2D eigenvalue weighted by atomic mass is 9.80. The van der Waals surface area contributed by atoms with Crippen molar-refractivity contribution < 1.29 is 9.53 Å². The van der Waals surface area contributed by atoms with Crippen molar-refractivity contribution >= 4 is 11.9 Å². The number of primary amides is 1. The number of hydrogen-bond donors (Lipinski definition) is 2. The fourth-order valence-electron chi connectivity index (χ4n) is 5.18. The number of rotatable bonds is 6. The van der Waals surface area contributed by atoms with Crippen molar-refractivity contribution in [3.05, 3.63) is 0 Å². The Morgan fingerprint density at radius 2 is 1.93 bits per heavy atom. The Morgan fingerprint density at radius 1 is 1.18 bits per heavy atom. The number of nitrogens with two attached hydrogens (primary N) is 1. The van der Waals surface area contributed by atoms with Crippen LogP contribution in [0.1, 0.15) is 58.3 Å². The monoisotopic (exact) mass is 393 g/mol. The Bertz CT molecular complexity index is 527. The van der Waals surface area contributed by atoms with E-state index in [1.165, 1.54) is 32.1 Å². The first-order chi connectivity index (χ1) is 13.6. The summed E-state index contributed by atoms with van der Waals surface area (Å²) in [5, 5.41) is 3.50. The minimum atomic E-state index is -0.192. The second kappa shape index (κ2) is 10.4. The number of nitrogens with one attached hydrogen (secondary N) is 1. The van der Waals surface area contributed by atoms with E-state index in [1.54, 1.807) is 0 Å². The van der Waals surface area contributed by atoms with Gasteiger partial charge in [-0.2, -0.15) is 0 Å². The molecule has 160 valence electrons. The van der Waals surface area contributed by atoms with Gasteiger partial charge in [-0.1, -0.05) is 19.3 Å². The van der Waals surface area contributed by atoms with E-state index in [-0.39, 0.29) is 11.4 Å². The lowest BCUT2D eigenvalue weighted by Crippen LogP contribution is -2.57. The molecule has 1 saturated carbocycles. The second-order valence-corrected chi connectivity index (χ2v) is 8.68. The smallest absolute Gasteiger partial charge is 0.217 e. The van der Waals surface area contributed by atoms with Crippen LogP contribution in [0.3, 0.4) is 0 Å². The van der Waals surface area contributed by atoms with E-state index in [1.807, 2.05) is 0 Å². The van der Waals surface area contributed by atoms with Gasteiger partial charge in [0, 0.05) is 44.7 Å². The third kappa shape index (κ3) is 5.60. The quantitative estimate of drug-likeness (QED) is 0.529. The maximum Gasteiger partial charge on any atom is 0.217 e. The van der Waals surface area contributed by atoms with Crippen LogP contribution in [0.25, 0.3) is 0 Å². The molecule has 7 heteroatoms. The molecule has 2 heterocycles. The summed E-state index contributed by atoms with van der Waals surface area (Å²) >= 11 is 0. The number of nitrogens with zero attached hydrogens (tertiary/aromatic N) is 3. The lowest BCUT2D eigenvalue weighted by molar-refractivity contribution is -0.119. The summed E-state index contributed by atoms with van der Waals surface area (Å²) in [4.78, 5) is 21.5. The number of guanidine groups is 1. The zero-order valence-corrected chi connectivity index (χ0v) is 17.6. The lowest BCUT2D eigenvalue weighted by Gasteiger charge is -2.47. The number of carbonyl (C=O) groups excluding carboxylic acids is 1. The normalized spacial score (nSPS) is 26.8. The topological polar surface area (TPSA) is 83.2 Å². The molecule has 0 bridgehead atoms. The number of hydrogen-bond acceptors (Lipinski definition) is 4. The van der Waals surface area contributed by atoms with Gasteiger partial charge >= 0.3 is 0 Å². The van der Waals surface area contributed by atoms with Gasteiger partial charge in [0.2, 0.25) is 5.91 Å². The molecule has 3 aliphatic rings.